The minimum Gasteiger partial charge on any atom is -0.465 e. The van der Waals surface area contributed by atoms with E-state index in [0.717, 1.165) is 4.90 Å². The Bertz CT molecular complexity index is 619. The predicted molar refractivity (Wildman–Crippen MR) is 71.6 cm³/mol. The minimum atomic E-state index is -1.10. The summed E-state index contributed by atoms with van der Waals surface area (Å²) in [5.74, 6) is -0.134. The quantitative estimate of drug-likeness (QED) is 0.921. The van der Waals surface area contributed by atoms with Crippen molar-refractivity contribution in [2.75, 3.05) is 11.9 Å². The predicted octanol–water partition coefficient (Wildman–Crippen LogP) is 3.16. The lowest BCUT2D eigenvalue weighted by Crippen LogP contribution is -2.24. The highest BCUT2D eigenvalue weighted by atomic mass is 79.9. The van der Waals surface area contributed by atoms with Crippen LogP contribution in [0.1, 0.15) is 0 Å². The fraction of sp³-hybridized carbons (Fsp3) is 0.0833. The van der Waals surface area contributed by atoms with E-state index in [4.69, 9.17) is 5.11 Å². The molecule has 1 amide bonds. The van der Waals surface area contributed by atoms with Gasteiger partial charge in [-0.3, -0.25) is 9.88 Å². The van der Waals surface area contributed by atoms with Crippen LogP contribution in [0.5, 0.6) is 0 Å². The van der Waals surface area contributed by atoms with Crippen LogP contribution in [0.25, 0.3) is 11.3 Å². The third-order valence-corrected chi connectivity index (χ3v) is 3.07. The second-order valence-electron chi connectivity index (χ2n) is 3.73. The summed E-state index contributed by atoms with van der Waals surface area (Å²) < 4.78 is 13.7. The molecular formula is C12H9BrFN3O2. The van der Waals surface area contributed by atoms with Crippen LogP contribution in [-0.4, -0.2) is 28.2 Å². The fourth-order valence-electron chi connectivity index (χ4n) is 1.41. The SMILES string of the molecule is CN(C(=O)O)c1ccc(-c2cc(F)c(Br)cn2)cn1. The van der Waals surface area contributed by atoms with Crippen LogP contribution in [0.15, 0.2) is 35.1 Å². The zero-order valence-corrected chi connectivity index (χ0v) is 11.4. The number of carboxylic acid groups (broad SMARTS) is 1. The molecule has 98 valence electrons. The Morgan fingerprint density at radius 2 is 2.11 bits per heavy atom. The van der Waals surface area contributed by atoms with Crippen LogP contribution >= 0.6 is 15.9 Å². The molecule has 19 heavy (non-hydrogen) atoms. The Hall–Kier alpha value is -2.02. The van der Waals surface area contributed by atoms with E-state index in [-0.39, 0.29) is 10.3 Å². The third-order valence-electron chi connectivity index (χ3n) is 2.48. The summed E-state index contributed by atoms with van der Waals surface area (Å²) >= 11 is 3.02. The number of aromatic nitrogens is 2. The van der Waals surface area contributed by atoms with Gasteiger partial charge in [0.1, 0.15) is 11.6 Å². The van der Waals surface area contributed by atoms with Crippen LogP contribution in [0.2, 0.25) is 0 Å². The van der Waals surface area contributed by atoms with Crippen molar-refractivity contribution in [2.45, 2.75) is 0 Å². The number of hydrogen-bond acceptors (Lipinski definition) is 3. The van der Waals surface area contributed by atoms with E-state index in [2.05, 4.69) is 25.9 Å². The topological polar surface area (TPSA) is 66.3 Å². The molecule has 0 bridgehead atoms. The number of anilines is 1. The average molecular weight is 326 g/mol. The van der Waals surface area contributed by atoms with E-state index in [1.165, 1.54) is 31.6 Å². The summed E-state index contributed by atoms with van der Waals surface area (Å²) in [7, 11) is 1.39. The van der Waals surface area contributed by atoms with Crippen molar-refractivity contribution in [2.24, 2.45) is 0 Å². The molecular weight excluding hydrogens is 317 g/mol. The maximum Gasteiger partial charge on any atom is 0.412 e. The molecule has 0 spiro atoms. The van der Waals surface area contributed by atoms with Gasteiger partial charge in [-0.05, 0) is 28.1 Å². The van der Waals surface area contributed by atoms with Gasteiger partial charge in [0.2, 0.25) is 0 Å². The van der Waals surface area contributed by atoms with Crippen molar-refractivity contribution in [1.29, 1.82) is 0 Å². The van der Waals surface area contributed by atoms with Gasteiger partial charge < -0.3 is 5.11 Å². The van der Waals surface area contributed by atoms with Crippen LogP contribution in [-0.2, 0) is 0 Å². The van der Waals surface area contributed by atoms with E-state index < -0.39 is 11.9 Å². The standard InChI is InChI=1S/C12H9BrFN3O2/c1-17(12(18)19)11-3-2-7(5-16-11)10-4-9(14)8(13)6-15-10/h2-6H,1H3,(H,18,19). The van der Waals surface area contributed by atoms with Gasteiger partial charge >= 0.3 is 6.09 Å². The van der Waals surface area contributed by atoms with Gasteiger partial charge in [-0.1, -0.05) is 0 Å². The number of carbonyl (C=O) groups is 1. The number of halogens is 2. The molecule has 2 aromatic rings. The Morgan fingerprint density at radius 3 is 2.63 bits per heavy atom. The van der Waals surface area contributed by atoms with E-state index in [1.54, 1.807) is 6.07 Å². The van der Waals surface area contributed by atoms with Crippen molar-refractivity contribution >= 4 is 27.8 Å². The van der Waals surface area contributed by atoms with Gasteiger partial charge in [0.25, 0.3) is 0 Å². The van der Waals surface area contributed by atoms with Crippen LogP contribution in [0, 0.1) is 5.82 Å². The number of amides is 1. The first-order valence-corrected chi connectivity index (χ1v) is 6.02. The molecule has 0 aromatic carbocycles. The highest BCUT2D eigenvalue weighted by Gasteiger charge is 2.10. The van der Waals surface area contributed by atoms with Crippen LogP contribution < -0.4 is 4.90 Å². The van der Waals surface area contributed by atoms with Gasteiger partial charge in [-0.15, -0.1) is 0 Å². The summed E-state index contributed by atoms with van der Waals surface area (Å²) in [6.07, 6.45) is 1.71. The monoisotopic (exact) mass is 325 g/mol. The third kappa shape index (κ3) is 2.87. The van der Waals surface area contributed by atoms with Gasteiger partial charge in [-0.25, -0.2) is 14.2 Å². The number of rotatable bonds is 2. The molecule has 0 aliphatic heterocycles. The molecule has 0 atom stereocenters. The Balaban J connectivity index is 2.32. The molecule has 0 saturated carbocycles. The lowest BCUT2D eigenvalue weighted by molar-refractivity contribution is 0.203. The second-order valence-corrected chi connectivity index (χ2v) is 4.58. The first-order valence-electron chi connectivity index (χ1n) is 5.23. The van der Waals surface area contributed by atoms with E-state index in [0.29, 0.717) is 11.3 Å². The smallest absolute Gasteiger partial charge is 0.412 e. The summed E-state index contributed by atoms with van der Waals surface area (Å²) in [6.45, 7) is 0. The molecule has 2 rings (SSSR count). The van der Waals surface area contributed by atoms with Crippen molar-refractivity contribution in [3.05, 3.63) is 40.9 Å². The maximum absolute atomic E-state index is 13.4. The summed E-state index contributed by atoms with van der Waals surface area (Å²) in [5.41, 5.74) is 1.03. The summed E-state index contributed by atoms with van der Waals surface area (Å²) in [5, 5.41) is 8.81. The molecule has 1 N–H and O–H groups in total. The Labute approximate surface area is 116 Å². The average Bonchev–Trinajstić information content (AvgIpc) is 2.41. The van der Waals surface area contributed by atoms with Crippen LogP contribution in [0.4, 0.5) is 15.0 Å². The number of pyridine rings is 2. The van der Waals surface area contributed by atoms with Gasteiger partial charge in [-0.2, -0.15) is 0 Å². The molecule has 0 radical (unpaired) electrons. The Kier molecular flexibility index (Phi) is 3.75. The van der Waals surface area contributed by atoms with Gasteiger partial charge in [0.05, 0.1) is 10.2 Å². The van der Waals surface area contributed by atoms with Crippen molar-refractivity contribution in [3.8, 4) is 11.3 Å². The van der Waals surface area contributed by atoms with Crippen LogP contribution in [0.3, 0.4) is 0 Å². The highest BCUT2D eigenvalue weighted by molar-refractivity contribution is 9.10. The lowest BCUT2D eigenvalue weighted by Gasteiger charge is -2.11. The first-order chi connectivity index (χ1) is 8.99. The molecule has 5 nitrogen and oxygen atoms in total. The molecule has 0 unspecified atom stereocenters. The van der Waals surface area contributed by atoms with E-state index in [9.17, 15) is 9.18 Å². The second kappa shape index (κ2) is 5.31. The molecule has 0 fully saturated rings. The molecule has 2 aromatic heterocycles. The van der Waals surface area contributed by atoms with E-state index >= 15 is 0 Å². The minimum absolute atomic E-state index is 0.284. The first kappa shape index (κ1) is 13.4. The van der Waals surface area contributed by atoms with Gasteiger partial charge in [0.15, 0.2) is 0 Å². The lowest BCUT2D eigenvalue weighted by atomic mass is 10.2. The molecule has 7 heteroatoms. The largest absolute Gasteiger partial charge is 0.465 e. The van der Waals surface area contributed by atoms with E-state index in [1.807, 2.05) is 0 Å². The number of nitrogens with zero attached hydrogens (tertiary/aromatic N) is 3. The fourth-order valence-corrected chi connectivity index (χ4v) is 1.62. The summed E-state index contributed by atoms with van der Waals surface area (Å²) in [4.78, 5) is 19.8. The zero-order chi connectivity index (χ0) is 14.0. The van der Waals surface area contributed by atoms with Gasteiger partial charge in [0, 0.05) is 31.1 Å². The molecule has 0 aliphatic carbocycles. The van der Waals surface area contributed by atoms with Crippen molar-refractivity contribution in [1.82, 2.24) is 9.97 Å². The highest BCUT2D eigenvalue weighted by Crippen LogP contribution is 2.22. The molecule has 0 saturated heterocycles. The Morgan fingerprint density at radius 1 is 1.37 bits per heavy atom. The molecule has 0 aliphatic rings. The zero-order valence-electron chi connectivity index (χ0n) is 9.84. The molecule has 2 heterocycles. The number of hydrogen-bond donors (Lipinski definition) is 1. The maximum atomic E-state index is 13.4. The van der Waals surface area contributed by atoms with Crippen molar-refractivity contribution < 1.29 is 14.3 Å². The van der Waals surface area contributed by atoms with Crippen molar-refractivity contribution in [3.63, 3.8) is 0 Å². The normalized spacial score (nSPS) is 10.3. The summed E-state index contributed by atoms with van der Waals surface area (Å²) in [6, 6.07) is 4.45.